The van der Waals surface area contributed by atoms with Gasteiger partial charge in [0.2, 0.25) is 0 Å². The Hall–Kier alpha value is -3.65. The van der Waals surface area contributed by atoms with Crippen molar-refractivity contribution in [2.45, 2.75) is 13.8 Å². The predicted molar refractivity (Wildman–Crippen MR) is 127 cm³/mol. The van der Waals surface area contributed by atoms with Gasteiger partial charge in [-0.05, 0) is 43.7 Å². The van der Waals surface area contributed by atoms with Gasteiger partial charge in [-0.3, -0.25) is 9.59 Å². The van der Waals surface area contributed by atoms with Crippen LogP contribution in [0.3, 0.4) is 0 Å². The summed E-state index contributed by atoms with van der Waals surface area (Å²) < 4.78 is 10.4. The fourth-order valence-corrected chi connectivity index (χ4v) is 4.15. The largest absolute Gasteiger partial charge is 0.493 e. The van der Waals surface area contributed by atoms with Gasteiger partial charge in [-0.2, -0.15) is 5.10 Å². The lowest BCUT2D eigenvalue weighted by atomic mass is 10.1. The molecule has 0 atom stereocenters. The molecule has 2 N–H and O–H groups in total. The van der Waals surface area contributed by atoms with Crippen LogP contribution >= 0.6 is 11.3 Å². The number of thiophene rings is 1. The minimum atomic E-state index is -0.422. The molecule has 0 radical (unpaired) electrons. The van der Waals surface area contributed by atoms with Crippen molar-refractivity contribution in [3.8, 4) is 21.9 Å². The van der Waals surface area contributed by atoms with Crippen LogP contribution in [0, 0.1) is 6.92 Å². The van der Waals surface area contributed by atoms with Crippen LogP contribution in [-0.4, -0.2) is 38.3 Å². The standard InChI is InChI=1S/C24H25N3O4S/c1-15(19-13-22(32-16(19)2)17-8-6-5-7-9-17)26-27-23(28)14-25-24(29)18-10-11-20(30-3)21(12-18)31-4/h5-13H,14H2,1-4H3,(H,25,29)(H,27,28)/b26-15+. The number of hydrogen-bond acceptors (Lipinski definition) is 6. The molecule has 7 nitrogen and oxygen atoms in total. The normalized spacial score (nSPS) is 11.1. The first-order chi connectivity index (χ1) is 15.4. The summed E-state index contributed by atoms with van der Waals surface area (Å²) in [7, 11) is 3.01. The number of ether oxygens (including phenoxy) is 2. The molecule has 0 aliphatic heterocycles. The fourth-order valence-electron chi connectivity index (χ4n) is 3.07. The smallest absolute Gasteiger partial charge is 0.259 e. The lowest BCUT2D eigenvalue weighted by Crippen LogP contribution is -2.35. The maximum atomic E-state index is 12.3. The lowest BCUT2D eigenvalue weighted by Gasteiger charge is -2.09. The Morgan fingerprint density at radius 3 is 2.41 bits per heavy atom. The molecule has 3 rings (SSSR count). The molecule has 0 aliphatic carbocycles. The van der Waals surface area contributed by atoms with E-state index in [-0.39, 0.29) is 6.54 Å². The molecule has 3 aromatic rings. The van der Waals surface area contributed by atoms with Gasteiger partial charge in [0.05, 0.1) is 26.5 Å². The van der Waals surface area contributed by atoms with Crippen LogP contribution in [0.2, 0.25) is 0 Å². The summed E-state index contributed by atoms with van der Waals surface area (Å²) in [5.41, 5.74) is 5.67. The van der Waals surface area contributed by atoms with Gasteiger partial charge in [0, 0.05) is 20.9 Å². The third-order valence-corrected chi connectivity index (χ3v) is 5.87. The minimum absolute atomic E-state index is 0.207. The number of aryl methyl sites for hydroxylation is 1. The molecule has 32 heavy (non-hydrogen) atoms. The number of hydrazone groups is 1. The van der Waals surface area contributed by atoms with E-state index in [0.29, 0.717) is 22.8 Å². The minimum Gasteiger partial charge on any atom is -0.493 e. The zero-order valence-corrected chi connectivity index (χ0v) is 19.2. The zero-order valence-electron chi connectivity index (χ0n) is 18.4. The molecule has 0 saturated carbocycles. The van der Waals surface area contributed by atoms with Gasteiger partial charge in [-0.1, -0.05) is 30.3 Å². The average molecular weight is 452 g/mol. The number of benzene rings is 2. The van der Waals surface area contributed by atoms with Gasteiger partial charge in [-0.25, -0.2) is 5.43 Å². The molecular weight excluding hydrogens is 426 g/mol. The van der Waals surface area contributed by atoms with Crippen molar-refractivity contribution in [2.24, 2.45) is 5.10 Å². The molecule has 0 fully saturated rings. The summed E-state index contributed by atoms with van der Waals surface area (Å²) in [6.45, 7) is 3.66. The third kappa shape index (κ3) is 5.53. The molecule has 0 aliphatic rings. The number of carbonyl (C=O) groups is 2. The van der Waals surface area contributed by atoms with Gasteiger partial charge in [-0.15, -0.1) is 11.3 Å². The first-order valence-electron chi connectivity index (χ1n) is 9.92. The van der Waals surface area contributed by atoms with Crippen LogP contribution in [0.25, 0.3) is 10.4 Å². The van der Waals surface area contributed by atoms with Crippen molar-refractivity contribution in [2.75, 3.05) is 20.8 Å². The Labute approximate surface area is 191 Å². The van der Waals surface area contributed by atoms with E-state index in [1.165, 1.54) is 14.2 Å². The summed E-state index contributed by atoms with van der Waals surface area (Å²) in [6, 6.07) is 17.0. The van der Waals surface area contributed by atoms with Gasteiger partial charge < -0.3 is 14.8 Å². The van der Waals surface area contributed by atoms with Crippen molar-refractivity contribution in [1.29, 1.82) is 0 Å². The molecule has 1 aromatic heterocycles. The molecule has 2 aromatic carbocycles. The van der Waals surface area contributed by atoms with E-state index < -0.39 is 11.8 Å². The molecule has 0 bridgehead atoms. The average Bonchev–Trinajstić information content (AvgIpc) is 3.22. The van der Waals surface area contributed by atoms with E-state index in [1.54, 1.807) is 29.5 Å². The number of nitrogens with one attached hydrogen (secondary N) is 2. The fraction of sp³-hybridized carbons (Fsp3) is 0.208. The highest BCUT2D eigenvalue weighted by atomic mass is 32.1. The molecule has 2 amide bonds. The van der Waals surface area contributed by atoms with Crippen molar-refractivity contribution in [3.05, 3.63) is 70.6 Å². The molecule has 166 valence electrons. The topological polar surface area (TPSA) is 89.0 Å². The molecule has 0 unspecified atom stereocenters. The van der Waals surface area contributed by atoms with Crippen LogP contribution < -0.4 is 20.2 Å². The quantitative estimate of drug-likeness (QED) is 0.400. The Bertz CT molecular complexity index is 1140. The third-order valence-electron chi connectivity index (χ3n) is 4.77. The molecular formula is C24H25N3O4S. The van der Waals surface area contributed by atoms with E-state index in [9.17, 15) is 9.59 Å². The first-order valence-corrected chi connectivity index (χ1v) is 10.7. The second-order valence-corrected chi connectivity index (χ2v) is 8.19. The van der Waals surface area contributed by atoms with Crippen molar-refractivity contribution < 1.29 is 19.1 Å². The summed E-state index contributed by atoms with van der Waals surface area (Å²) in [5, 5.41) is 6.77. The SMILES string of the molecule is COc1ccc(C(=O)NCC(=O)N/N=C(\C)c2cc(-c3ccccc3)sc2C)cc1OC. The Morgan fingerprint density at radius 1 is 1.00 bits per heavy atom. The summed E-state index contributed by atoms with van der Waals surface area (Å²) >= 11 is 1.68. The number of hydrogen-bond donors (Lipinski definition) is 2. The van der Waals surface area contributed by atoms with Crippen molar-refractivity contribution >= 4 is 28.9 Å². The monoisotopic (exact) mass is 451 g/mol. The molecule has 8 heteroatoms. The van der Waals surface area contributed by atoms with Crippen molar-refractivity contribution in [3.63, 3.8) is 0 Å². The molecule has 1 heterocycles. The Balaban J connectivity index is 1.58. The van der Waals surface area contributed by atoms with E-state index >= 15 is 0 Å². The second kappa shape index (κ2) is 10.6. The van der Waals surface area contributed by atoms with Crippen LogP contribution in [0.1, 0.15) is 27.7 Å². The van der Waals surface area contributed by atoms with Crippen LogP contribution in [-0.2, 0) is 4.79 Å². The van der Waals surface area contributed by atoms with Crippen LogP contribution in [0.4, 0.5) is 0 Å². The van der Waals surface area contributed by atoms with Crippen LogP contribution in [0.15, 0.2) is 59.7 Å². The zero-order chi connectivity index (χ0) is 23.1. The maximum absolute atomic E-state index is 12.3. The van der Waals surface area contributed by atoms with Crippen molar-refractivity contribution in [1.82, 2.24) is 10.7 Å². The molecule has 0 spiro atoms. The highest BCUT2D eigenvalue weighted by Gasteiger charge is 2.13. The highest BCUT2D eigenvalue weighted by molar-refractivity contribution is 7.15. The Morgan fingerprint density at radius 2 is 1.72 bits per heavy atom. The lowest BCUT2D eigenvalue weighted by molar-refractivity contribution is -0.120. The number of nitrogens with zero attached hydrogens (tertiary/aromatic N) is 1. The second-order valence-electron chi connectivity index (χ2n) is 6.93. The van der Waals surface area contributed by atoms with Gasteiger partial charge in [0.1, 0.15) is 0 Å². The number of amides is 2. The number of rotatable bonds is 8. The van der Waals surface area contributed by atoms with Gasteiger partial charge >= 0.3 is 0 Å². The van der Waals surface area contributed by atoms with E-state index in [4.69, 9.17) is 9.47 Å². The van der Waals surface area contributed by atoms with Gasteiger partial charge in [0.25, 0.3) is 11.8 Å². The number of carbonyl (C=O) groups excluding carboxylic acids is 2. The van der Waals surface area contributed by atoms with Gasteiger partial charge in [0.15, 0.2) is 11.5 Å². The summed E-state index contributed by atoms with van der Waals surface area (Å²) in [4.78, 5) is 26.8. The van der Waals surface area contributed by atoms with E-state index in [1.807, 2.05) is 32.0 Å². The van der Waals surface area contributed by atoms with E-state index in [2.05, 4.69) is 34.0 Å². The maximum Gasteiger partial charge on any atom is 0.259 e. The Kier molecular flexibility index (Phi) is 7.62. The molecule has 0 saturated heterocycles. The highest BCUT2D eigenvalue weighted by Crippen LogP contribution is 2.31. The first kappa shape index (κ1) is 23.0. The van der Waals surface area contributed by atoms with Crippen LogP contribution in [0.5, 0.6) is 11.5 Å². The summed E-state index contributed by atoms with van der Waals surface area (Å²) in [6.07, 6.45) is 0. The number of methoxy groups -OCH3 is 2. The summed E-state index contributed by atoms with van der Waals surface area (Å²) in [5.74, 6) is 0.133. The van der Waals surface area contributed by atoms with E-state index in [0.717, 1.165) is 20.9 Å². The predicted octanol–water partition coefficient (Wildman–Crippen LogP) is 4.01.